The number of fused-ring (bicyclic) bond motifs is 1. The second kappa shape index (κ2) is 9.40. The highest BCUT2D eigenvalue weighted by molar-refractivity contribution is 7.89. The number of sulfonamides is 1. The van der Waals surface area contributed by atoms with Crippen molar-refractivity contribution in [2.24, 2.45) is 10.9 Å². The van der Waals surface area contributed by atoms with E-state index >= 15 is 0 Å². The lowest BCUT2D eigenvalue weighted by molar-refractivity contribution is -0.122. The van der Waals surface area contributed by atoms with Gasteiger partial charge in [0.2, 0.25) is 10.0 Å². The number of rotatable bonds is 6. The quantitative estimate of drug-likeness (QED) is 0.516. The maximum absolute atomic E-state index is 12.9. The summed E-state index contributed by atoms with van der Waals surface area (Å²) in [5, 5.41) is 0. The van der Waals surface area contributed by atoms with Crippen molar-refractivity contribution in [2.75, 3.05) is 20.2 Å². The zero-order chi connectivity index (χ0) is 22.7. The number of nitrogens with zero attached hydrogens (tertiary/aromatic N) is 3. The summed E-state index contributed by atoms with van der Waals surface area (Å²) < 4.78 is 35.4. The molecule has 168 valence electrons. The molecule has 1 saturated heterocycles. The molecule has 0 atom stereocenters. The number of piperidine rings is 1. The van der Waals surface area contributed by atoms with E-state index in [1.54, 1.807) is 30.3 Å². The number of carbonyl (C=O) groups is 1. The van der Waals surface area contributed by atoms with Crippen molar-refractivity contribution in [3.05, 3.63) is 66.0 Å². The first kappa shape index (κ1) is 22.4. The third kappa shape index (κ3) is 4.41. The fraction of sp³-hybridized carbons (Fsp3) is 0.304. The van der Waals surface area contributed by atoms with Crippen LogP contribution in [0.1, 0.15) is 12.8 Å². The molecule has 1 amide bonds. The maximum Gasteiger partial charge on any atom is 0.251 e. The SMILES string of the molecule is C=CCn1c(=NC(=O)C2CCN(S(=O)(=O)c3ccc(OC)cc3)CC2)sc2ccccc21. The zero-order valence-corrected chi connectivity index (χ0v) is 19.4. The summed E-state index contributed by atoms with van der Waals surface area (Å²) in [4.78, 5) is 18.2. The molecule has 32 heavy (non-hydrogen) atoms. The van der Waals surface area contributed by atoms with E-state index in [4.69, 9.17) is 4.74 Å². The molecular formula is C23H25N3O4S2. The summed E-state index contributed by atoms with van der Waals surface area (Å²) in [7, 11) is -2.07. The van der Waals surface area contributed by atoms with E-state index in [9.17, 15) is 13.2 Å². The normalized spacial score (nSPS) is 16.3. The first-order valence-electron chi connectivity index (χ1n) is 10.4. The Morgan fingerprint density at radius 2 is 1.88 bits per heavy atom. The van der Waals surface area contributed by atoms with Crippen LogP contribution in [0.2, 0.25) is 0 Å². The molecule has 0 bridgehead atoms. The molecule has 0 unspecified atom stereocenters. The van der Waals surface area contributed by atoms with Gasteiger partial charge in [0.25, 0.3) is 5.91 Å². The van der Waals surface area contributed by atoms with Crippen molar-refractivity contribution >= 4 is 37.5 Å². The Morgan fingerprint density at radius 3 is 2.53 bits per heavy atom. The van der Waals surface area contributed by atoms with Crippen molar-refractivity contribution in [2.45, 2.75) is 24.3 Å². The van der Waals surface area contributed by atoms with E-state index in [1.807, 2.05) is 28.8 Å². The molecule has 4 rings (SSSR count). The number of amides is 1. The van der Waals surface area contributed by atoms with Gasteiger partial charge < -0.3 is 9.30 Å². The molecule has 3 aromatic rings. The second-order valence-corrected chi connectivity index (χ2v) is 10.5. The van der Waals surface area contributed by atoms with Gasteiger partial charge in [0, 0.05) is 25.6 Å². The lowest BCUT2D eigenvalue weighted by Gasteiger charge is -2.29. The minimum atomic E-state index is -3.60. The molecular weight excluding hydrogens is 446 g/mol. The van der Waals surface area contributed by atoms with Crippen molar-refractivity contribution in [1.29, 1.82) is 0 Å². The van der Waals surface area contributed by atoms with Crippen LogP contribution < -0.4 is 9.54 Å². The van der Waals surface area contributed by atoms with E-state index in [-0.39, 0.29) is 16.7 Å². The molecule has 0 saturated carbocycles. The monoisotopic (exact) mass is 471 g/mol. The average molecular weight is 472 g/mol. The molecule has 0 radical (unpaired) electrons. The van der Waals surface area contributed by atoms with Crippen molar-refractivity contribution < 1.29 is 17.9 Å². The summed E-state index contributed by atoms with van der Waals surface area (Å²) >= 11 is 1.47. The number of methoxy groups -OCH3 is 1. The van der Waals surface area contributed by atoms with E-state index < -0.39 is 10.0 Å². The number of carbonyl (C=O) groups excluding carboxylic acids is 1. The molecule has 0 N–H and O–H groups in total. The molecule has 7 nitrogen and oxygen atoms in total. The molecule has 2 heterocycles. The number of thiazole rings is 1. The van der Waals surface area contributed by atoms with Crippen LogP contribution in [0.25, 0.3) is 10.2 Å². The number of hydrogen-bond acceptors (Lipinski definition) is 5. The first-order valence-corrected chi connectivity index (χ1v) is 12.6. The fourth-order valence-electron chi connectivity index (χ4n) is 3.84. The minimum absolute atomic E-state index is 0.198. The minimum Gasteiger partial charge on any atom is -0.497 e. The first-order chi connectivity index (χ1) is 15.4. The van der Waals surface area contributed by atoms with E-state index in [0.29, 0.717) is 43.0 Å². The van der Waals surface area contributed by atoms with Crippen LogP contribution in [0.4, 0.5) is 0 Å². The van der Waals surface area contributed by atoms with Crippen LogP contribution in [0.15, 0.2) is 71.1 Å². The van der Waals surface area contributed by atoms with Crippen LogP contribution in [-0.4, -0.2) is 43.4 Å². The average Bonchev–Trinajstić information content (AvgIpc) is 3.16. The lowest BCUT2D eigenvalue weighted by Crippen LogP contribution is -2.40. The Kier molecular flexibility index (Phi) is 6.59. The predicted molar refractivity (Wildman–Crippen MR) is 125 cm³/mol. The Labute approximate surface area is 191 Å². The molecule has 1 aliphatic rings. The largest absolute Gasteiger partial charge is 0.497 e. The van der Waals surface area contributed by atoms with Crippen LogP contribution in [0, 0.1) is 5.92 Å². The van der Waals surface area contributed by atoms with Crippen molar-refractivity contribution in [3.8, 4) is 5.75 Å². The Hall–Kier alpha value is -2.75. The standard InChI is InChI=1S/C23H25N3O4S2/c1-3-14-26-20-6-4-5-7-21(20)31-23(26)24-22(27)17-12-15-25(16-13-17)32(28,29)19-10-8-18(30-2)9-11-19/h3-11,17H,1,12-16H2,2H3. The topological polar surface area (TPSA) is 81.0 Å². The highest BCUT2D eigenvalue weighted by atomic mass is 32.2. The predicted octanol–water partition coefficient (Wildman–Crippen LogP) is 3.43. The van der Waals surface area contributed by atoms with Gasteiger partial charge >= 0.3 is 0 Å². The number of benzene rings is 2. The molecule has 9 heteroatoms. The highest BCUT2D eigenvalue weighted by Crippen LogP contribution is 2.26. The van der Waals surface area contributed by atoms with E-state index in [2.05, 4.69) is 11.6 Å². The fourth-order valence-corrected chi connectivity index (χ4v) is 6.35. The van der Waals surface area contributed by atoms with Gasteiger partial charge in [0.1, 0.15) is 5.75 Å². The van der Waals surface area contributed by atoms with Crippen LogP contribution in [0.5, 0.6) is 5.75 Å². The van der Waals surface area contributed by atoms with Gasteiger partial charge in [-0.05, 0) is 49.2 Å². The van der Waals surface area contributed by atoms with Gasteiger partial charge in [-0.3, -0.25) is 4.79 Å². The van der Waals surface area contributed by atoms with Gasteiger partial charge in [-0.2, -0.15) is 9.30 Å². The summed E-state index contributed by atoms with van der Waals surface area (Å²) in [6.45, 7) is 4.95. The Morgan fingerprint density at radius 1 is 1.19 bits per heavy atom. The van der Waals surface area contributed by atoms with Gasteiger partial charge in [0.15, 0.2) is 4.80 Å². The molecule has 1 fully saturated rings. The third-order valence-electron chi connectivity index (χ3n) is 5.61. The summed E-state index contributed by atoms with van der Waals surface area (Å²) in [6.07, 6.45) is 2.68. The molecule has 0 aliphatic carbocycles. The van der Waals surface area contributed by atoms with E-state index in [0.717, 1.165) is 10.2 Å². The number of ether oxygens (including phenoxy) is 1. The molecule has 1 aromatic heterocycles. The van der Waals surface area contributed by atoms with E-state index in [1.165, 1.54) is 22.8 Å². The Balaban J connectivity index is 1.50. The van der Waals surface area contributed by atoms with Gasteiger partial charge in [-0.1, -0.05) is 29.5 Å². The van der Waals surface area contributed by atoms with Crippen molar-refractivity contribution in [3.63, 3.8) is 0 Å². The smallest absolute Gasteiger partial charge is 0.251 e. The highest BCUT2D eigenvalue weighted by Gasteiger charge is 2.32. The Bertz CT molecular complexity index is 1300. The van der Waals surface area contributed by atoms with Gasteiger partial charge in [-0.25, -0.2) is 8.42 Å². The molecule has 2 aromatic carbocycles. The molecule has 1 aliphatic heterocycles. The third-order valence-corrected chi connectivity index (χ3v) is 8.58. The summed E-state index contributed by atoms with van der Waals surface area (Å²) in [5.74, 6) is 0.111. The second-order valence-electron chi connectivity index (χ2n) is 7.56. The van der Waals surface area contributed by atoms with Gasteiger partial charge in [0.05, 0.1) is 22.2 Å². The lowest BCUT2D eigenvalue weighted by atomic mass is 9.98. The zero-order valence-electron chi connectivity index (χ0n) is 17.8. The van der Waals surface area contributed by atoms with Gasteiger partial charge in [-0.15, -0.1) is 6.58 Å². The summed E-state index contributed by atoms with van der Waals surface area (Å²) in [5.41, 5.74) is 1.02. The summed E-state index contributed by atoms with van der Waals surface area (Å²) in [6, 6.07) is 14.3. The van der Waals surface area contributed by atoms with Crippen LogP contribution in [0.3, 0.4) is 0 Å². The number of aromatic nitrogens is 1. The van der Waals surface area contributed by atoms with Crippen molar-refractivity contribution in [1.82, 2.24) is 8.87 Å². The number of hydrogen-bond donors (Lipinski definition) is 0. The van der Waals surface area contributed by atoms with Crippen LogP contribution in [-0.2, 0) is 21.4 Å². The maximum atomic E-state index is 12.9. The van der Waals surface area contributed by atoms with Crippen LogP contribution >= 0.6 is 11.3 Å². The number of allylic oxidation sites excluding steroid dienone is 1. The number of para-hydroxylation sites is 1. The molecule has 0 spiro atoms.